The van der Waals surface area contributed by atoms with E-state index < -0.39 is 16.2 Å². The van der Waals surface area contributed by atoms with Gasteiger partial charge in [0, 0.05) is 22.2 Å². The standard InChI is InChI=1S/C33H44N2O4/c1-28(2)23-8-9-32(6)24(31(23,5)17-20(19-34)26(28)38)16-22(37)25-21-18-30(4,27(39)35-14-15-36)11-10-29(21,3)12-13-33(25,32)7/h15-17,21,23,25H,8-14,18H2,1-7H3,(H,35,39)/t21-,23-,25-,29+,30-,31-,32+,33+/m0/s1. The molecule has 6 nitrogen and oxygen atoms in total. The highest BCUT2D eigenvalue weighted by Crippen LogP contribution is 2.74. The lowest BCUT2D eigenvalue weighted by atomic mass is 9.34. The summed E-state index contributed by atoms with van der Waals surface area (Å²) >= 11 is 0. The lowest BCUT2D eigenvalue weighted by Crippen LogP contribution is -2.65. The first kappa shape index (κ1) is 28.0. The number of nitrogens with zero attached hydrogens (tertiary/aromatic N) is 1. The van der Waals surface area contributed by atoms with Crippen molar-refractivity contribution in [2.24, 2.45) is 50.2 Å². The Morgan fingerprint density at radius 1 is 1.05 bits per heavy atom. The maximum atomic E-state index is 14.4. The first-order chi connectivity index (χ1) is 18.0. The highest BCUT2D eigenvalue weighted by atomic mass is 16.2. The number of hydrogen-bond acceptors (Lipinski definition) is 5. The molecule has 0 aliphatic heterocycles. The molecular weight excluding hydrogens is 488 g/mol. The van der Waals surface area contributed by atoms with E-state index in [1.807, 2.05) is 32.9 Å². The normalized spacial score (nSPS) is 46.3. The molecule has 5 rings (SSSR count). The Hall–Kier alpha value is -2.55. The molecule has 39 heavy (non-hydrogen) atoms. The fourth-order valence-electron chi connectivity index (χ4n) is 10.3. The van der Waals surface area contributed by atoms with Gasteiger partial charge in [-0.3, -0.25) is 14.4 Å². The summed E-state index contributed by atoms with van der Waals surface area (Å²) in [6.07, 6.45) is 10.5. The third kappa shape index (κ3) is 3.50. The summed E-state index contributed by atoms with van der Waals surface area (Å²) in [5.41, 5.74) is -1.11. The Balaban J connectivity index is 1.62. The molecule has 3 fully saturated rings. The summed E-state index contributed by atoms with van der Waals surface area (Å²) in [7, 11) is 0. The van der Waals surface area contributed by atoms with Gasteiger partial charge in [-0.1, -0.05) is 60.1 Å². The number of nitrogens with one attached hydrogen (secondary N) is 1. The smallest absolute Gasteiger partial charge is 0.226 e. The van der Waals surface area contributed by atoms with Crippen LogP contribution in [-0.4, -0.2) is 30.3 Å². The van der Waals surface area contributed by atoms with Crippen LogP contribution in [0.5, 0.6) is 0 Å². The van der Waals surface area contributed by atoms with Crippen molar-refractivity contribution in [1.82, 2.24) is 5.32 Å². The molecule has 0 radical (unpaired) electrons. The van der Waals surface area contributed by atoms with E-state index in [2.05, 4.69) is 39.1 Å². The van der Waals surface area contributed by atoms with Crippen molar-refractivity contribution in [3.63, 3.8) is 0 Å². The molecule has 5 aliphatic carbocycles. The van der Waals surface area contributed by atoms with Gasteiger partial charge in [0.2, 0.25) is 5.91 Å². The van der Waals surface area contributed by atoms with Gasteiger partial charge in [0.1, 0.15) is 12.4 Å². The van der Waals surface area contributed by atoms with Gasteiger partial charge >= 0.3 is 0 Å². The molecule has 210 valence electrons. The molecule has 6 heteroatoms. The zero-order valence-electron chi connectivity index (χ0n) is 24.7. The number of nitriles is 1. The number of aldehydes is 1. The molecular formula is C33H44N2O4. The quantitative estimate of drug-likeness (QED) is 0.482. The summed E-state index contributed by atoms with van der Waals surface area (Å²) in [6, 6.07) is 2.17. The molecule has 0 spiro atoms. The van der Waals surface area contributed by atoms with Crippen molar-refractivity contribution in [3.05, 3.63) is 23.3 Å². The monoisotopic (exact) mass is 532 g/mol. The number of fused-ring (bicyclic) bond motifs is 7. The summed E-state index contributed by atoms with van der Waals surface area (Å²) in [5, 5.41) is 12.7. The first-order valence-electron chi connectivity index (χ1n) is 14.7. The van der Waals surface area contributed by atoms with Gasteiger partial charge in [0.05, 0.1) is 12.1 Å². The van der Waals surface area contributed by atoms with Crippen LogP contribution in [0.15, 0.2) is 23.3 Å². The molecule has 1 amide bonds. The van der Waals surface area contributed by atoms with Crippen LogP contribution in [0.25, 0.3) is 0 Å². The molecule has 1 N–H and O–H groups in total. The Morgan fingerprint density at radius 2 is 1.72 bits per heavy atom. The van der Waals surface area contributed by atoms with Crippen LogP contribution in [-0.2, 0) is 19.2 Å². The Bertz CT molecular complexity index is 1270. The van der Waals surface area contributed by atoms with Crippen molar-refractivity contribution in [2.45, 2.75) is 93.4 Å². The number of ketones is 2. The number of allylic oxidation sites excluding steroid dienone is 4. The molecule has 0 unspecified atom stereocenters. The molecule has 5 aliphatic rings. The van der Waals surface area contributed by atoms with E-state index in [9.17, 15) is 24.4 Å². The molecule has 0 bridgehead atoms. The average Bonchev–Trinajstić information content (AvgIpc) is 2.87. The lowest BCUT2D eigenvalue weighted by molar-refractivity contribution is -0.172. The first-order valence-corrected chi connectivity index (χ1v) is 14.7. The Labute approximate surface area is 233 Å². The van der Waals surface area contributed by atoms with E-state index in [0.29, 0.717) is 12.7 Å². The molecule has 0 saturated heterocycles. The fourth-order valence-corrected chi connectivity index (χ4v) is 10.3. The van der Waals surface area contributed by atoms with Gasteiger partial charge in [-0.2, -0.15) is 5.26 Å². The average molecular weight is 533 g/mol. The van der Waals surface area contributed by atoms with E-state index in [1.54, 1.807) is 0 Å². The van der Waals surface area contributed by atoms with E-state index >= 15 is 0 Å². The van der Waals surface area contributed by atoms with E-state index in [0.717, 1.165) is 44.1 Å². The molecule has 3 saturated carbocycles. The molecule has 0 aromatic carbocycles. The van der Waals surface area contributed by atoms with Crippen molar-refractivity contribution < 1.29 is 19.2 Å². The minimum absolute atomic E-state index is 0.0113. The Morgan fingerprint density at radius 3 is 2.36 bits per heavy atom. The summed E-state index contributed by atoms with van der Waals surface area (Å²) in [6.45, 7) is 15.0. The fraction of sp³-hybridized carbons (Fsp3) is 0.727. The molecule has 0 heterocycles. The van der Waals surface area contributed by atoms with Crippen molar-refractivity contribution in [3.8, 4) is 6.07 Å². The second kappa shape index (κ2) is 8.48. The second-order valence-electron chi connectivity index (χ2n) is 15.2. The van der Waals surface area contributed by atoms with Crippen molar-refractivity contribution in [2.75, 3.05) is 6.54 Å². The van der Waals surface area contributed by atoms with Gasteiger partial charge in [0.25, 0.3) is 0 Å². The van der Waals surface area contributed by atoms with E-state index in [-0.39, 0.29) is 63.6 Å². The summed E-state index contributed by atoms with van der Waals surface area (Å²) in [4.78, 5) is 51.7. The van der Waals surface area contributed by atoms with Crippen LogP contribution in [0.1, 0.15) is 93.4 Å². The highest BCUT2D eigenvalue weighted by Gasteiger charge is 2.69. The van der Waals surface area contributed by atoms with Crippen LogP contribution in [0.2, 0.25) is 0 Å². The highest BCUT2D eigenvalue weighted by molar-refractivity contribution is 6.04. The molecule has 8 atom stereocenters. The zero-order chi connectivity index (χ0) is 28.8. The third-order valence-corrected chi connectivity index (χ3v) is 13.0. The van der Waals surface area contributed by atoms with Crippen molar-refractivity contribution in [1.29, 1.82) is 5.26 Å². The van der Waals surface area contributed by atoms with Gasteiger partial charge in [-0.15, -0.1) is 0 Å². The van der Waals surface area contributed by atoms with Crippen LogP contribution < -0.4 is 5.32 Å². The van der Waals surface area contributed by atoms with E-state index in [1.165, 1.54) is 0 Å². The number of carbonyl (C=O) groups is 4. The van der Waals surface area contributed by atoms with Gasteiger partial charge in [-0.25, -0.2) is 0 Å². The summed E-state index contributed by atoms with van der Waals surface area (Å²) in [5.74, 6) is -0.144. The number of amides is 1. The molecule has 0 aromatic heterocycles. The maximum absolute atomic E-state index is 14.4. The predicted octanol–water partition coefficient (Wildman–Crippen LogP) is 5.52. The minimum Gasteiger partial charge on any atom is -0.349 e. The Kier molecular flexibility index (Phi) is 6.09. The topological polar surface area (TPSA) is 104 Å². The SMILES string of the molecule is CC1(C)C(=O)C(C#N)=C[C@]2(C)C3=CC(=O)[C@@H]4[C@@H]5C[C@@](C)(C(=O)NCC=O)CC[C@]5(C)CC[C@@]4(C)[C@]3(C)CC[C@@H]12. The van der Waals surface area contributed by atoms with Crippen LogP contribution in [0.3, 0.4) is 0 Å². The van der Waals surface area contributed by atoms with Crippen LogP contribution in [0.4, 0.5) is 0 Å². The number of carbonyl (C=O) groups excluding carboxylic acids is 4. The number of Topliss-reactive ketones (excluding diaryl/α,β-unsaturated/α-hetero) is 1. The number of rotatable bonds is 3. The van der Waals surface area contributed by atoms with E-state index in [4.69, 9.17) is 0 Å². The van der Waals surface area contributed by atoms with Crippen LogP contribution >= 0.6 is 0 Å². The van der Waals surface area contributed by atoms with Crippen molar-refractivity contribution >= 4 is 23.8 Å². The third-order valence-electron chi connectivity index (χ3n) is 13.0. The predicted molar refractivity (Wildman–Crippen MR) is 148 cm³/mol. The second-order valence-corrected chi connectivity index (χ2v) is 15.2. The zero-order valence-corrected chi connectivity index (χ0v) is 24.7. The maximum Gasteiger partial charge on any atom is 0.226 e. The van der Waals surface area contributed by atoms with Gasteiger partial charge in [0.15, 0.2) is 11.6 Å². The van der Waals surface area contributed by atoms with Gasteiger partial charge in [-0.05, 0) is 79.1 Å². The minimum atomic E-state index is -0.678. The number of hydrogen-bond donors (Lipinski definition) is 1. The lowest BCUT2D eigenvalue weighted by Gasteiger charge is -2.69. The van der Waals surface area contributed by atoms with Crippen LogP contribution in [0, 0.1) is 61.6 Å². The largest absolute Gasteiger partial charge is 0.349 e. The molecule has 0 aromatic rings. The van der Waals surface area contributed by atoms with Gasteiger partial charge < -0.3 is 10.1 Å². The summed E-state index contributed by atoms with van der Waals surface area (Å²) < 4.78 is 0.